The molecule has 0 saturated heterocycles. The van der Waals surface area contributed by atoms with E-state index in [2.05, 4.69) is 0 Å². The van der Waals surface area contributed by atoms with E-state index >= 15 is 0 Å². The van der Waals surface area contributed by atoms with E-state index in [4.69, 9.17) is 5.11 Å². The van der Waals surface area contributed by atoms with E-state index in [1.54, 1.807) is 12.1 Å². The van der Waals surface area contributed by atoms with Crippen molar-refractivity contribution in [2.75, 3.05) is 26.7 Å². The molecule has 0 aliphatic heterocycles. The number of hydrogen-bond acceptors (Lipinski definition) is 3. The lowest BCUT2D eigenvalue weighted by molar-refractivity contribution is 0.141. The first-order chi connectivity index (χ1) is 7.63. The Hall–Kier alpha value is -0.970. The van der Waals surface area contributed by atoms with Crippen LogP contribution in [0.25, 0.3) is 0 Å². The fourth-order valence-corrected chi connectivity index (χ4v) is 1.51. The molecule has 0 bridgehead atoms. The van der Waals surface area contributed by atoms with E-state index in [1.165, 1.54) is 12.1 Å². The van der Waals surface area contributed by atoms with Gasteiger partial charge in [-0.15, -0.1) is 0 Å². The van der Waals surface area contributed by atoms with Gasteiger partial charge in [-0.3, -0.25) is 0 Å². The van der Waals surface area contributed by atoms with Gasteiger partial charge in [0.15, 0.2) is 0 Å². The molecule has 4 heteroatoms. The number of benzene rings is 1. The van der Waals surface area contributed by atoms with Crippen LogP contribution >= 0.6 is 0 Å². The maximum Gasteiger partial charge on any atom is 0.123 e. The summed E-state index contributed by atoms with van der Waals surface area (Å²) in [7, 11) is 1.87. The van der Waals surface area contributed by atoms with Crippen molar-refractivity contribution in [1.29, 1.82) is 0 Å². The predicted molar refractivity (Wildman–Crippen MR) is 60.6 cm³/mol. The Morgan fingerprint density at radius 1 is 1.38 bits per heavy atom. The quantitative estimate of drug-likeness (QED) is 0.766. The number of rotatable bonds is 6. The Kier molecular flexibility index (Phi) is 5.38. The standard InChI is InChI=1S/C12H18FNO2/c1-14(7-8-15)6-5-12(16)10-3-2-4-11(13)9-10/h2-4,9,12,15-16H,5-8H2,1H3. The zero-order valence-electron chi connectivity index (χ0n) is 9.43. The average molecular weight is 227 g/mol. The van der Waals surface area contributed by atoms with Gasteiger partial charge in [-0.2, -0.15) is 0 Å². The summed E-state index contributed by atoms with van der Waals surface area (Å²) < 4.78 is 12.9. The van der Waals surface area contributed by atoms with Crippen LogP contribution in [0.5, 0.6) is 0 Å². The maximum absolute atomic E-state index is 12.9. The molecule has 0 heterocycles. The van der Waals surface area contributed by atoms with Gasteiger partial charge < -0.3 is 15.1 Å². The van der Waals surface area contributed by atoms with Crippen LogP contribution in [0.15, 0.2) is 24.3 Å². The third-order valence-electron chi connectivity index (χ3n) is 2.50. The highest BCUT2D eigenvalue weighted by atomic mass is 19.1. The van der Waals surface area contributed by atoms with Crippen molar-refractivity contribution in [1.82, 2.24) is 4.90 Å². The van der Waals surface area contributed by atoms with Crippen LogP contribution in [-0.2, 0) is 0 Å². The van der Waals surface area contributed by atoms with Crippen molar-refractivity contribution >= 4 is 0 Å². The van der Waals surface area contributed by atoms with E-state index in [9.17, 15) is 9.50 Å². The number of nitrogens with zero attached hydrogens (tertiary/aromatic N) is 1. The van der Waals surface area contributed by atoms with Crippen molar-refractivity contribution in [3.8, 4) is 0 Å². The number of halogens is 1. The summed E-state index contributed by atoms with van der Waals surface area (Å²) in [6.45, 7) is 1.35. The molecule has 0 spiro atoms. The zero-order chi connectivity index (χ0) is 12.0. The first kappa shape index (κ1) is 13.1. The topological polar surface area (TPSA) is 43.7 Å². The molecule has 0 aliphatic carbocycles. The largest absolute Gasteiger partial charge is 0.395 e. The second kappa shape index (κ2) is 6.58. The van der Waals surface area contributed by atoms with Crippen LogP contribution in [0.4, 0.5) is 4.39 Å². The minimum atomic E-state index is -0.656. The molecule has 1 unspecified atom stereocenters. The van der Waals surface area contributed by atoms with E-state index in [0.29, 0.717) is 25.1 Å². The van der Waals surface area contributed by atoms with Crippen molar-refractivity contribution in [3.63, 3.8) is 0 Å². The Bertz CT molecular complexity index is 320. The summed E-state index contributed by atoms with van der Waals surface area (Å²) in [5.41, 5.74) is 0.595. The van der Waals surface area contributed by atoms with Crippen LogP contribution in [0.3, 0.4) is 0 Å². The SMILES string of the molecule is CN(CCO)CCC(O)c1cccc(F)c1. The third-order valence-corrected chi connectivity index (χ3v) is 2.50. The molecule has 0 aromatic heterocycles. The predicted octanol–water partition coefficient (Wildman–Crippen LogP) is 1.17. The first-order valence-corrected chi connectivity index (χ1v) is 5.36. The lowest BCUT2D eigenvalue weighted by Crippen LogP contribution is -2.24. The molecule has 2 N–H and O–H groups in total. The third kappa shape index (κ3) is 4.26. The molecule has 1 rings (SSSR count). The maximum atomic E-state index is 12.9. The van der Waals surface area contributed by atoms with Gasteiger partial charge in [-0.1, -0.05) is 12.1 Å². The van der Waals surface area contributed by atoms with Crippen LogP contribution in [-0.4, -0.2) is 41.9 Å². The minimum Gasteiger partial charge on any atom is -0.395 e. The summed E-state index contributed by atoms with van der Waals surface area (Å²) in [6, 6.07) is 6.00. The first-order valence-electron chi connectivity index (χ1n) is 5.36. The van der Waals surface area contributed by atoms with Gasteiger partial charge in [-0.25, -0.2) is 4.39 Å². The van der Waals surface area contributed by atoms with Gasteiger partial charge in [0.25, 0.3) is 0 Å². The molecule has 1 atom stereocenters. The molecule has 3 nitrogen and oxygen atoms in total. The van der Waals surface area contributed by atoms with Gasteiger partial charge in [0.05, 0.1) is 12.7 Å². The van der Waals surface area contributed by atoms with Crippen LogP contribution < -0.4 is 0 Å². The second-order valence-corrected chi connectivity index (χ2v) is 3.89. The Balaban J connectivity index is 2.43. The van der Waals surface area contributed by atoms with Crippen molar-refractivity contribution in [2.24, 2.45) is 0 Å². The Morgan fingerprint density at radius 2 is 2.12 bits per heavy atom. The number of likely N-dealkylation sites (N-methyl/N-ethyl adjacent to an activating group) is 1. The van der Waals surface area contributed by atoms with Crippen LogP contribution in [0, 0.1) is 5.82 Å². The highest BCUT2D eigenvalue weighted by molar-refractivity contribution is 5.18. The zero-order valence-corrected chi connectivity index (χ0v) is 9.43. The lowest BCUT2D eigenvalue weighted by Gasteiger charge is -2.17. The van der Waals surface area contributed by atoms with Crippen molar-refractivity contribution in [2.45, 2.75) is 12.5 Å². The van der Waals surface area contributed by atoms with E-state index in [-0.39, 0.29) is 12.4 Å². The van der Waals surface area contributed by atoms with Gasteiger partial charge in [0.2, 0.25) is 0 Å². The molecular formula is C12H18FNO2. The Labute approximate surface area is 95.1 Å². The second-order valence-electron chi connectivity index (χ2n) is 3.89. The van der Waals surface area contributed by atoms with Crippen LogP contribution in [0.2, 0.25) is 0 Å². The minimum absolute atomic E-state index is 0.104. The van der Waals surface area contributed by atoms with Crippen molar-refractivity contribution < 1.29 is 14.6 Å². The van der Waals surface area contributed by atoms with Gasteiger partial charge in [0, 0.05) is 13.1 Å². The summed E-state index contributed by atoms with van der Waals surface area (Å²) in [5, 5.41) is 18.5. The number of hydrogen-bond donors (Lipinski definition) is 2. The Morgan fingerprint density at radius 3 is 2.75 bits per heavy atom. The number of aliphatic hydroxyl groups is 2. The fourth-order valence-electron chi connectivity index (χ4n) is 1.51. The highest BCUT2D eigenvalue weighted by Crippen LogP contribution is 2.17. The molecule has 90 valence electrons. The molecular weight excluding hydrogens is 209 g/mol. The van der Waals surface area contributed by atoms with E-state index in [0.717, 1.165) is 0 Å². The smallest absolute Gasteiger partial charge is 0.123 e. The summed E-state index contributed by atoms with van der Waals surface area (Å²) in [5.74, 6) is -0.333. The molecule has 1 aromatic rings. The summed E-state index contributed by atoms with van der Waals surface area (Å²) >= 11 is 0. The molecule has 0 fully saturated rings. The molecule has 0 aliphatic rings. The molecule has 1 aromatic carbocycles. The van der Waals surface area contributed by atoms with Gasteiger partial charge in [-0.05, 0) is 31.2 Å². The lowest BCUT2D eigenvalue weighted by atomic mass is 10.1. The molecule has 0 saturated carbocycles. The van der Waals surface area contributed by atoms with Gasteiger partial charge in [0.1, 0.15) is 5.82 Å². The summed E-state index contributed by atoms with van der Waals surface area (Å²) in [6.07, 6.45) is -0.128. The number of aliphatic hydroxyl groups excluding tert-OH is 2. The van der Waals surface area contributed by atoms with Crippen molar-refractivity contribution in [3.05, 3.63) is 35.6 Å². The molecule has 0 amide bonds. The average Bonchev–Trinajstić information content (AvgIpc) is 2.26. The normalized spacial score (nSPS) is 13.1. The van der Waals surface area contributed by atoms with Crippen LogP contribution in [0.1, 0.15) is 18.1 Å². The molecule has 16 heavy (non-hydrogen) atoms. The molecule has 0 radical (unpaired) electrons. The highest BCUT2D eigenvalue weighted by Gasteiger charge is 2.09. The summed E-state index contributed by atoms with van der Waals surface area (Å²) in [4.78, 5) is 1.92. The monoisotopic (exact) mass is 227 g/mol. The van der Waals surface area contributed by atoms with E-state index in [1.807, 2.05) is 11.9 Å². The van der Waals surface area contributed by atoms with E-state index < -0.39 is 6.10 Å². The van der Waals surface area contributed by atoms with Gasteiger partial charge >= 0.3 is 0 Å². The fraction of sp³-hybridized carbons (Fsp3) is 0.500.